The van der Waals surface area contributed by atoms with E-state index in [1.807, 2.05) is 0 Å². The third-order valence-corrected chi connectivity index (χ3v) is 5.39. The minimum Gasteiger partial charge on any atom is -0.493 e. The zero-order valence-corrected chi connectivity index (χ0v) is 17.4. The van der Waals surface area contributed by atoms with Crippen molar-refractivity contribution in [2.75, 3.05) is 33.1 Å². The summed E-state index contributed by atoms with van der Waals surface area (Å²) in [5.41, 5.74) is 1.19. The van der Waals surface area contributed by atoms with Gasteiger partial charge in [0, 0.05) is 23.9 Å². The fraction of sp³-hybridized carbons (Fsp3) is 0.227. The summed E-state index contributed by atoms with van der Waals surface area (Å²) < 4.78 is 23.5. The number of hydrogen-bond acceptors (Lipinski definition) is 5. The van der Waals surface area contributed by atoms with E-state index in [-0.39, 0.29) is 12.3 Å². The lowest BCUT2D eigenvalue weighted by atomic mass is 10.1. The fourth-order valence-corrected chi connectivity index (χ4v) is 3.83. The lowest BCUT2D eigenvalue weighted by molar-refractivity contribution is -0.113. The summed E-state index contributed by atoms with van der Waals surface area (Å²) in [6.07, 6.45) is 3.01. The first-order valence-corrected chi connectivity index (χ1v) is 10.2. The second-order valence-corrected chi connectivity index (χ2v) is 7.44. The number of amides is 1. The number of carbonyl (C=O) groups is 2. The summed E-state index contributed by atoms with van der Waals surface area (Å²) in [6.45, 7) is 0.702. The molecule has 1 amide bonds. The Morgan fingerprint density at radius 2 is 1.87 bits per heavy atom. The summed E-state index contributed by atoms with van der Waals surface area (Å²) in [7, 11) is 3.10. The smallest absolute Gasteiger partial charge is 0.272 e. The molecule has 0 saturated carbocycles. The highest BCUT2D eigenvalue weighted by atomic mass is 32.2. The lowest BCUT2D eigenvalue weighted by Crippen LogP contribution is -2.31. The van der Waals surface area contributed by atoms with Crippen molar-refractivity contribution < 1.29 is 23.5 Å². The van der Waals surface area contributed by atoms with Crippen LogP contribution in [0.15, 0.2) is 53.5 Å². The molecule has 0 aromatic heterocycles. The summed E-state index contributed by atoms with van der Waals surface area (Å²) in [4.78, 5) is 30.6. The number of aliphatic imine (C=N–C) groups is 1. The number of rotatable bonds is 7. The van der Waals surface area contributed by atoms with Gasteiger partial charge in [0.15, 0.2) is 22.4 Å². The Morgan fingerprint density at radius 3 is 2.57 bits per heavy atom. The predicted octanol–water partition coefficient (Wildman–Crippen LogP) is 3.67. The summed E-state index contributed by atoms with van der Waals surface area (Å²) >= 11 is 1.42. The molecule has 156 valence electrons. The SMILES string of the molecule is COc1ccc(/C=C/C(=O)N=C2SCCN2CC(=O)c2ccc(F)cc2)cc1OC. The van der Waals surface area contributed by atoms with Crippen LogP contribution in [0.4, 0.5) is 4.39 Å². The van der Waals surface area contributed by atoms with Gasteiger partial charge in [-0.2, -0.15) is 4.99 Å². The highest BCUT2D eigenvalue weighted by Gasteiger charge is 2.23. The Morgan fingerprint density at radius 1 is 1.13 bits per heavy atom. The number of amidine groups is 1. The average molecular weight is 428 g/mol. The molecule has 0 spiro atoms. The first kappa shape index (κ1) is 21.6. The van der Waals surface area contributed by atoms with Gasteiger partial charge in [-0.1, -0.05) is 17.8 Å². The number of nitrogens with zero attached hydrogens (tertiary/aromatic N) is 2. The standard InChI is InChI=1S/C22H21FN2O4S/c1-28-19-9-3-15(13-20(19)29-2)4-10-21(27)24-22-25(11-12-30-22)14-18(26)16-5-7-17(23)8-6-16/h3-10,13H,11-12,14H2,1-2H3/b10-4+,24-22?. The number of benzene rings is 2. The molecule has 1 saturated heterocycles. The quantitative estimate of drug-likeness (QED) is 0.495. The number of ether oxygens (including phenoxy) is 2. The molecule has 30 heavy (non-hydrogen) atoms. The number of ketones is 1. The van der Waals surface area contributed by atoms with E-state index in [1.165, 1.54) is 42.1 Å². The van der Waals surface area contributed by atoms with E-state index in [1.54, 1.807) is 43.4 Å². The Bertz CT molecular complexity index is 989. The molecule has 8 heteroatoms. The number of thioether (sulfide) groups is 1. The summed E-state index contributed by atoms with van der Waals surface area (Å²) in [5, 5.41) is 0.507. The van der Waals surface area contributed by atoms with E-state index >= 15 is 0 Å². The molecule has 0 unspecified atom stereocenters. The van der Waals surface area contributed by atoms with Crippen LogP contribution in [-0.2, 0) is 4.79 Å². The van der Waals surface area contributed by atoms with Crippen LogP contribution < -0.4 is 9.47 Å². The number of hydrogen-bond donors (Lipinski definition) is 0. The van der Waals surface area contributed by atoms with Crippen LogP contribution in [0.3, 0.4) is 0 Å². The molecule has 0 radical (unpaired) electrons. The van der Waals surface area contributed by atoms with Crippen LogP contribution in [0.2, 0.25) is 0 Å². The van der Waals surface area contributed by atoms with Crippen LogP contribution in [-0.4, -0.2) is 54.8 Å². The molecule has 0 bridgehead atoms. The molecule has 0 atom stereocenters. The van der Waals surface area contributed by atoms with E-state index in [9.17, 15) is 14.0 Å². The molecule has 0 aliphatic carbocycles. The molecule has 1 fully saturated rings. The van der Waals surface area contributed by atoms with E-state index in [2.05, 4.69) is 4.99 Å². The second-order valence-electron chi connectivity index (χ2n) is 6.38. The third-order valence-electron chi connectivity index (χ3n) is 4.40. The number of halogens is 1. The van der Waals surface area contributed by atoms with Gasteiger partial charge >= 0.3 is 0 Å². The van der Waals surface area contributed by atoms with Crippen LogP contribution in [0.5, 0.6) is 11.5 Å². The monoisotopic (exact) mass is 428 g/mol. The van der Waals surface area contributed by atoms with Crippen molar-refractivity contribution in [3.8, 4) is 11.5 Å². The van der Waals surface area contributed by atoms with Crippen molar-refractivity contribution in [3.63, 3.8) is 0 Å². The molecule has 3 rings (SSSR count). The van der Waals surface area contributed by atoms with Crippen LogP contribution in [0, 0.1) is 5.82 Å². The van der Waals surface area contributed by atoms with Crippen molar-refractivity contribution in [2.45, 2.75) is 0 Å². The number of Topliss-reactive ketones (excluding diaryl/α,β-unsaturated/α-hetero) is 1. The molecule has 2 aromatic rings. The zero-order chi connectivity index (χ0) is 21.5. The van der Waals surface area contributed by atoms with Gasteiger partial charge in [-0.15, -0.1) is 0 Å². The molecule has 6 nitrogen and oxygen atoms in total. The minimum atomic E-state index is -0.423. The highest BCUT2D eigenvalue weighted by Crippen LogP contribution is 2.28. The Labute approximate surface area is 178 Å². The van der Waals surface area contributed by atoms with Gasteiger partial charge in [0.2, 0.25) is 0 Å². The van der Waals surface area contributed by atoms with Crippen LogP contribution >= 0.6 is 11.8 Å². The Kier molecular flexibility index (Phi) is 7.24. The summed E-state index contributed by atoms with van der Waals surface area (Å²) in [5.74, 6) is 0.937. The maximum Gasteiger partial charge on any atom is 0.272 e. The van der Waals surface area contributed by atoms with Crippen molar-refractivity contribution in [1.29, 1.82) is 0 Å². The third kappa shape index (κ3) is 5.48. The maximum absolute atomic E-state index is 13.0. The molecule has 2 aromatic carbocycles. The predicted molar refractivity (Wildman–Crippen MR) is 116 cm³/mol. The van der Waals surface area contributed by atoms with Gasteiger partial charge in [-0.05, 0) is 48.0 Å². The first-order chi connectivity index (χ1) is 14.5. The van der Waals surface area contributed by atoms with Crippen molar-refractivity contribution in [3.05, 3.63) is 65.5 Å². The topological polar surface area (TPSA) is 68.2 Å². The normalized spacial score (nSPS) is 15.0. The Hall–Kier alpha value is -3.13. The highest BCUT2D eigenvalue weighted by molar-refractivity contribution is 8.14. The summed E-state index contributed by atoms with van der Waals surface area (Å²) in [6, 6.07) is 10.7. The van der Waals surface area contributed by atoms with E-state index < -0.39 is 11.7 Å². The van der Waals surface area contributed by atoms with E-state index in [4.69, 9.17) is 9.47 Å². The van der Waals surface area contributed by atoms with Crippen LogP contribution in [0.25, 0.3) is 6.08 Å². The number of methoxy groups -OCH3 is 2. The van der Waals surface area contributed by atoms with E-state index in [0.29, 0.717) is 28.8 Å². The van der Waals surface area contributed by atoms with Gasteiger partial charge in [-0.3, -0.25) is 9.59 Å². The molecular weight excluding hydrogens is 407 g/mol. The van der Waals surface area contributed by atoms with Gasteiger partial charge in [0.25, 0.3) is 5.91 Å². The van der Waals surface area contributed by atoms with Gasteiger partial charge in [0.1, 0.15) is 5.82 Å². The Balaban J connectivity index is 1.66. The second kappa shape index (κ2) is 10.1. The first-order valence-electron chi connectivity index (χ1n) is 9.19. The largest absolute Gasteiger partial charge is 0.493 e. The average Bonchev–Trinajstić information content (AvgIpc) is 3.18. The van der Waals surface area contributed by atoms with Crippen LogP contribution in [0.1, 0.15) is 15.9 Å². The minimum absolute atomic E-state index is 0.0874. The van der Waals surface area contributed by atoms with Crippen molar-refractivity contribution in [2.24, 2.45) is 4.99 Å². The molecular formula is C22H21FN2O4S. The van der Waals surface area contributed by atoms with E-state index in [0.717, 1.165) is 11.3 Å². The molecule has 0 N–H and O–H groups in total. The molecule has 1 aliphatic rings. The fourth-order valence-electron chi connectivity index (χ4n) is 2.84. The van der Waals surface area contributed by atoms with Gasteiger partial charge in [-0.25, -0.2) is 4.39 Å². The van der Waals surface area contributed by atoms with Gasteiger partial charge in [0.05, 0.1) is 20.8 Å². The molecule has 1 heterocycles. The van der Waals surface area contributed by atoms with Crippen molar-refractivity contribution >= 4 is 34.7 Å². The maximum atomic E-state index is 13.0. The molecule has 1 aliphatic heterocycles. The number of carbonyl (C=O) groups excluding carboxylic acids is 2. The zero-order valence-electron chi connectivity index (χ0n) is 16.6. The lowest BCUT2D eigenvalue weighted by Gasteiger charge is -2.16. The van der Waals surface area contributed by atoms with Gasteiger partial charge < -0.3 is 14.4 Å². The van der Waals surface area contributed by atoms with Crippen molar-refractivity contribution in [1.82, 2.24) is 4.90 Å².